The second-order valence-corrected chi connectivity index (χ2v) is 10.9. The molecule has 1 heteroatoms. The summed E-state index contributed by atoms with van der Waals surface area (Å²) in [4.78, 5) is 2.35. The van der Waals surface area contributed by atoms with Gasteiger partial charge in [0.05, 0.1) is 0 Å². The molecule has 41 heavy (non-hydrogen) atoms. The van der Waals surface area contributed by atoms with Crippen LogP contribution in [0, 0.1) is 0 Å². The highest BCUT2D eigenvalue weighted by atomic mass is 15.1. The first-order chi connectivity index (χ1) is 20.2. The van der Waals surface area contributed by atoms with Gasteiger partial charge in [0.25, 0.3) is 0 Å². The SMILES string of the molecule is CCc1ccc(-c2ccc(N(c3ccc(-c4ccccc4)cc3)c3ccc(-c4ccc5c(c4)CC5)cc3)cc2)cc1. The highest BCUT2D eigenvalue weighted by Gasteiger charge is 2.16. The average molecular weight is 528 g/mol. The summed E-state index contributed by atoms with van der Waals surface area (Å²) < 4.78 is 0. The van der Waals surface area contributed by atoms with E-state index in [1.807, 2.05) is 0 Å². The fourth-order valence-corrected chi connectivity index (χ4v) is 5.79. The molecule has 0 aliphatic heterocycles. The molecule has 6 aromatic rings. The van der Waals surface area contributed by atoms with Crippen molar-refractivity contribution in [3.05, 3.63) is 162 Å². The molecule has 0 saturated heterocycles. The summed E-state index contributed by atoms with van der Waals surface area (Å²) in [5, 5.41) is 0. The van der Waals surface area contributed by atoms with Crippen LogP contribution in [0.5, 0.6) is 0 Å². The van der Waals surface area contributed by atoms with E-state index in [9.17, 15) is 0 Å². The van der Waals surface area contributed by atoms with Gasteiger partial charge in [-0.15, -0.1) is 0 Å². The first-order valence-corrected chi connectivity index (χ1v) is 14.6. The molecule has 1 aliphatic carbocycles. The van der Waals surface area contributed by atoms with Gasteiger partial charge >= 0.3 is 0 Å². The molecule has 0 saturated carbocycles. The number of aryl methyl sites for hydroxylation is 3. The van der Waals surface area contributed by atoms with Crippen molar-refractivity contribution in [2.24, 2.45) is 0 Å². The van der Waals surface area contributed by atoms with Crippen LogP contribution in [0.2, 0.25) is 0 Å². The molecule has 1 nitrogen and oxygen atoms in total. The van der Waals surface area contributed by atoms with Crippen molar-refractivity contribution in [2.75, 3.05) is 4.90 Å². The van der Waals surface area contributed by atoms with Gasteiger partial charge < -0.3 is 4.90 Å². The van der Waals surface area contributed by atoms with Gasteiger partial charge in [0.2, 0.25) is 0 Å². The number of hydrogen-bond acceptors (Lipinski definition) is 1. The fraction of sp³-hybridized carbons (Fsp3) is 0.100. The second-order valence-electron chi connectivity index (χ2n) is 10.9. The van der Waals surface area contributed by atoms with E-state index < -0.39 is 0 Å². The number of fused-ring (bicyclic) bond motifs is 1. The van der Waals surface area contributed by atoms with Crippen LogP contribution < -0.4 is 4.90 Å². The summed E-state index contributed by atoms with van der Waals surface area (Å²) in [6.45, 7) is 2.20. The lowest BCUT2D eigenvalue weighted by Gasteiger charge is -2.26. The van der Waals surface area contributed by atoms with Gasteiger partial charge in [-0.2, -0.15) is 0 Å². The van der Waals surface area contributed by atoms with Gasteiger partial charge in [-0.1, -0.05) is 116 Å². The largest absolute Gasteiger partial charge is 0.311 e. The lowest BCUT2D eigenvalue weighted by Crippen LogP contribution is -2.10. The maximum absolute atomic E-state index is 2.36. The predicted octanol–water partition coefficient (Wildman–Crippen LogP) is 10.8. The van der Waals surface area contributed by atoms with Crippen LogP contribution in [-0.4, -0.2) is 0 Å². The Morgan fingerprint density at radius 2 is 0.829 bits per heavy atom. The Morgan fingerprint density at radius 3 is 1.27 bits per heavy atom. The van der Waals surface area contributed by atoms with Crippen molar-refractivity contribution in [1.82, 2.24) is 0 Å². The van der Waals surface area contributed by atoms with Crippen LogP contribution >= 0.6 is 0 Å². The molecule has 1 aliphatic rings. The first kappa shape index (κ1) is 25.1. The molecule has 0 aromatic heterocycles. The van der Waals surface area contributed by atoms with E-state index in [-0.39, 0.29) is 0 Å². The summed E-state index contributed by atoms with van der Waals surface area (Å²) in [5.41, 5.74) is 15.3. The van der Waals surface area contributed by atoms with Crippen molar-refractivity contribution in [3.63, 3.8) is 0 Å². The molecule has 0 bridgehead atoms. The van der Waals surface area contributed by atoms with E-state index in [1.54, 1.807) is 0 Å². The molecule has 7 rings (SSSR count). The molecule has 0 radical (unpaired) electrons. The molecular formula is C40H33N. The van der Waals surface area contributed by atoms with E-state index in [0.717, 1.165) is 23.5 Å². The van der Waals surface area contributed by atoms with E-state index in [2.05, 4.69) is 157 Å². The molecule has 0 amide bonds. The van der Waals surface area contributed by atoms with Gasteiger partial charge in [0.1, 0.15) is 0 Å². The number of nitrogens with zero attached hydrogens (tertiary/aromatic N) is 1. The highest BCUT2D eigenvalue weighted by Crippen LogP contribution is 2.38. The smallest absolute Gasteiger partial charge is 0.0462 e. The van der Waals surface area contributed by atoms with E-state index in [1.165, 1.54) is 62.9 Å². The van der Waals surface area contributed by atoms with Crippen molar-refractivity contribution in [3.8, 4) is 33.4 Å². The Labute approximate surface area is 243 Å². The van der Waals surface area contributed by atoms with E-state index in [0.29, 0.717) is 0 Å². The molecule has 6 aromatic carbocycles. The van der Waals surface area contributed by atoms with Crippen LogP contribution in [0.1, 0.15) is 23.6 Å². The zero-order valence-electron chi connectivity index (χ0n) is 23.4. The first-order valence-electron chi connectivity index (χ1n) is 14.6. The molecule has 0 N–H and O–H groups in total. The molecule has 0 heterocycles. The molecule has 198 valence electrons. The van der Waals surface area contributed by atoms with Crippen LogP contribution in [0.15, 0.2) is 146 Å². The number of rotatable bonds is 7. The monoisotopic (exact) mass is 527 g/mol. The minimum Gasteiger partial charge on any atom is -0.311 e. The van der Waals surface area contributed by atoms with Gasteiger partial charge in [-0.25, -0.2) is 0 Å². The van der Waals surface area contributed by atoms with Crippen LogP contribution in [0.25, 0.3) is 33.4 Å². The molecule has 0 unspecified atom stereocenters. The van der Waals surface area contributed by atoms with Gasteiger partial charge in [0.15, 0.2) is 0 Å². The maximum atomic E-state index is 2.36. The van der Waals surface area contributed by atoms with Crippen molar-refractivity contribution >= 4 is 17.1 Å². The Morgan fingerprint density at radius 1 is 0.415 bits per heavy atom. The van der Waals surface area contributed by atoms with E-state index in [4.69, 9.17) is 0 Å². The summed E-state index contributed by atoms with van der Waals surface area (Å²) in [5.74, 6) is 0. The summed E-state index contributed by atoms with van der Waals surface area (Å²) in [6, 6.07) is 53.2. The zero-order valence-corrected chi connectivity index (χ0v) is 23.4. The zero-order chi connectivity index (χ0) is 27.6. The molecule has 0 fully saturated rings. The fourth-order valence-electron chi connectivity index (χ4n) is 5.79. The lowest BCUT2D eigenvalue weighted by molar-refractivity contribution is 0.840. The third-order valence-corrected chi connectivity index (χ3v) is 8.38. The summed E-state index contributed by atoms with van der Waals surface area (Å²) >= 11 is 0. The quantitative estimate of drug-likeness (QED) is 0.200. The second kappa shape index (κ2) is 10.9. The lowest BCUT2D eigenvalue weighted by atomic mass is 9.86. The topological polar surface area (TPSA) is 3.24 Å². The third kappa shape index (κ3) is 5.08. The van der Waals surface area contributed by atoms with E-state index >= 15 is 0 Å². The maximum Gasteiger partial charge on any atom is 0.0462 e. The molecular weight excluding hydrogens is 494 g/mol. The van der Waals surface area contributed by atoms with Crippen LogP contribution in [0.4, 0.5) is 17.1 Å². The Bertz CT molecular complexity index is 1760. The summed E-state index contributed by atoms with van der Waals surface area (Å²) in [6.07, 6.45) is 3.48. The number of anilines is 3. The van der Waals surface area contributed by atoms with Gasteiger partial charge in [0, 0.05) is 17.1 Å². The van der Waals surface area contributed by atoms with Crippen LogP contribution in [0.3, 0.4) is 0 Å². The van der Waals surface area contributed by atoms with Gasteiger partial charge in [-0.05, 0) is 106 Å². The predicted molar refractivity (Wildman–Crippen MR) is 174 cm³/mol. The summed E-state index contributed by atoms with van der Waals surface area (Å²) in [7, 11) is 0. The number of hydrogen-bond donors (Lipinski definition) is 0. The van der Waals surface area contributed by atoms with Crippen molar-refractivity contribution in [1.29, 1.82) is 0 Å². The number of benzene rings is 6. The van der Waals surface area contributed by atoms with Crippen molar-refractivity contribution in [2.45, 2.75) is 26.2 Å². The Hall–Kier alpha value is -4.88. The third-order valence-electron chi connectivity index (χ3n) is 8.38. The average Bonchev–Trinajstić information content (AvgIpc) is 3.03. The normalized spacial score (nSPS) is 11.9. The van der Waals surface area contributed by atoms with Crippen molar-refractivity contribution < 1.29 is 0 Å². The minimum atomic E-state index is 1.06. The van der Waals surface area contributed by atoms with Crippen LogP contribution in [-0.2, 0) is 19.3 Å². The standard InChI is InChI=1S/C40H33N/c1-2-29-8-10-31(11-9-29)33-18-24-39(25-19-33)41(38-22-16-32(17-23-38)30-6-4-3-5-7-30)40-26-20-35(21-27-40)37-15-13-34-12-14-36(34)28-37/h3-11,13,15-28H,2,12,14H2,1H3. The Kier molecular flexibility index (Phi) is 6.70. The molecule has 0 spiro atoms. The minimum absolute atomic E-state index is 1.06. The molecule has 0 atom stereocenters. The Balaban J connectivity index is 1.24. The highest BCUT2D eigenvalue weighted by molar-refractivity contribution is 5.81. The van der Waals surface area contributed by atoms with Gasteiger partial charge in [-0.3, -0.25) is 0 Å².